The van der Waals surface area contributed by atoms with Gasteiger partial charge in [-0.05, 0) is 33.1 Å². The topological polar surface area (TPSA) is 66.4 Å². The number of hydrogen-bond donors (Lipinski definition) is 2. The summed E-state index contributed by atoms with van der Waals surface area (Å²) in [6, 6.07) is 0. The Morgan fingerprint density at radius 1 is 1.43 bits per heavy atom. The molecule has 0 aromatic carbocycles. The van der Waals surface area contributed by atoms with Crippen LogP contribution in [-0.4, -0.2) is 28.9 Å². The van der Waals surface area contributed by atoms with Gasteiger partial charge in [0.1, 0.15) is 0 Å². The molecule has 4 heteroatoms. The molecule has 0 radical (unpaired) electrons. The first-order valence-corrected chi connectivity index (χ1v) is 4.94. The number of nitrogens with one attached hydrogen (secondary N) is 1. The van der Waals surface area contributed by atoms with Crippen molar-refractivity contribution in [2.75, 3.05) is 6.54 Å². The standard InChI is InChI=1S/C10H17NO3/c1-10(2,14)5-6-11-9(13)8(12)7-3-4-7/h7,14H,3-6H2,1-2H3,(H,11,13). The molecular weight excluding hydrogens is 182 g/mol. The molecule has 1 saturated carbocycles. The van der Waals surface area contributed by atoms with E-state index in [2.05, 4.69) is 5.32 Å². The van der Waals surface area contributed by atoms with Gasteiger partial charge in [0.25, 0.3) is 5.91 Å². The molecule has 0 heterocycles. The van der Waals surface area contributed by atoms with Crippen LogP contribution in [0.4, 0.5) is 0 Å². The zero-order valence-corrected chi connectivity index (χ0v) is 8.67. The normalized spacial score (nSPS) is 16.5. The van der Waals surface area contributed by atoms with E-state index in [0.29, 0.717) is 13.0 Å². The summed E-state index contributed by atoms with van der Waals surface area (Å²) in [5, 5.41) is 11.9. The van der Waals surface area contributed by atoms with Crippen LogP contribution in [0.3, 0.4) is 0 Å². The number of ketones is 1. The van der Waals surface area contributed by atoms with Gasteiger partial charge in [-0.2, -0.15) is 0 Å². The smallest absolute Gasteiger partial charge is 0.287 e. The minimum atomic E-state index is -0.796. The fraction of sp³-hybridized carbons (Fsp3) is 0.800. The number of hydrogen-bond acceptors (Lipinski definition) is 3. The van der Waals surface area contributed by atoms with E-state index in [0.717, 1.165) is 12.8 Å². The van der Waals surface area contributed by atoms with Gasteiger partial charge < -0.3 is 10.4 Å². The van der Waals surface area contributed by atoms with Crippen LogP contribution in [0.1, 0.15) is 33.1 Å². The zero-order valence-electron chi connectivity index (χ0n) is 8.67. The van der Waals surface area contributed by atoms with Crippen molar-refractivity contribution in [2.45, 2.75) is 38.7 Å². The van der Waals surface area contributed by atoms with Crippen molar-refractivity contribution in [1.29, 1.82) is 0 Å². The Labute approximate surface area is 83.7 Å². The minimum absolute atomic E-state index is 0.0304. The van der Waals surface area contributed by atoms with E-state index >= 15 is 0 Å². The predicted octanol–water partition coefficient (Wildman–Crippen LogP) is 0.243. The van der Waals surface area contributed by atoms with Crippen molar-refractivity contribution in [3.05, 3.63) is 0 Å². The van der Waals surface area contributed by atoms with Gasteiger partial charge in [-0.25, -0.2) is 0 Å². The fourth-order valence-electron chi connectivity index (χ4n) is 1.10. The highest BCUT2D eigenvalue weighted by molar-refractivity contribution is 6.37. The molecular formula is C10H17NO3. The molecule has 0 atom stereocenters. The van der Waals surface area contributed by atoms with Gasteiger partial charge in [-0.15, -0.1) is 0 Å². The molecule has 0 saturated heterocycles. The molecule has 2 N–H and O–H groups in total. The number of carbonyl (C=O) groups excluding carboxylic acids is 2. The van der Waals surface area contributed by atoms with E-state index in [1.165, 1.54) is 0 Å². The minimum Gasteiger partial charge on any atom is -0.390 e. The maximum absolute atomic E-state index is 11.2. The van der Waals surface area contributed by atoms with Gasteiger partial charge in [-0.1, -0.05) is 0 Å². The van der Waals surface area contributed by atoms with E-state index in [-0.39, 0.29) is 11.7 Å². The molecule has 4 nitrogen and oxygen atoms in total. The number of aliphatic hydroxyl groups is 1. The van der Waals surface area contributed by atoms with Gasteiger partial charge in [0.15, 0.2) is 0 Å². The molecule has 80 valence electrons. The lowest BCUT2D eigenvalue weighted by Gasteiger charge is -2.16. The summed E-state index contributed by atoms with van der Waals surface area (Å²) < 4.78 is 0. The van der Waals surface area contributed by atoms with Crippen LogP contribution in [0.2, 0.25) is 0 Å². The first-order valence-electron chi connectivity index (χ1n) is 4.94. The largest absolute Gasteiger partial charge is 0.390 e. The lowest BCUT2D eigenvalue weighted by molar-refractivity contribution is -0.138. The van der Waals surface area contributed by atoms with Crippen molar-refractivity contribution in [3.8, 4) is 0 Å². The van der Waals surface area contributed by atoms with Gasteiger partial charge in [0, 0.05) is 12.5 Å². The summed E-state index contributed by atoms with van der Waals surface area (Å²) in [5.41, 5.74) is -0.796. The lowest BCUT2D eigenvalue weighted by Crippen LogP contribution is -2.35. The summed E-state index contributed by atoms with van der Waals surface area (Å²) in [5.74, 6) is -0.838. The average molecular weight is 199 g/mol. The Morgan fingerprint density at radius 2 is 2.00 bits per heavy atom. The van der Waals surface area contributed by atoms with Crippen LogP contribution < -0.4 is 5.32 Å². The van der Waals surface area contributed by atoms with Crippen LogP contribution in [0.15, 0.2) is 0 Å². The number of rotatable bonds is 5. The Bertz CT molecular complexity index is 238. The SMILES string of the molecule is CC(C)(O)CCNC(=O)C(=O)C1CC1. The van der Waals surface area contributed by atoms with Crippen LogP contribution in [0, 0.1) is 5.92 Å². The molecule has 1 aliphatic rings. The van der Waals surface area contributed by atoms with Crippen molar-refractivity contribution in [2.24, 2.45) is 5.92 Å². The molecule has 1 aliphatic carbocycles. The molecule has 0 bridgehead atoms. The fourth-order valence-corrected chi connectivity index (χ4v) is 1.10. The van der Waals surface area contributed by atoms with E-state index in [1.807, 2.05) is 0 Å². The summed E-state index contributed by atoms with van der Waals surface area (Å²) in [7, 11) is 0. The molecule has 1 fully saturated rings. The molecule has 14 heavy (non-hydrogen) atoms. The van der Waals surface area contributed by atoms with Gasteiger partial charge in [0.05, 0.1) is 5.60 Å². The summed E-state index contributed by atoms with van der Waals surface area (Å²) >= 11 is 0. The second-order valence-corrected chi connectivity index (χ2v) is 4.46. The molecule has 0 unspecified atom stereocenters. The molecule has 1 rings (SSSR count). The molecule has 0 aromatic heterocycles. The first kappa shape index (κ1) is 11.2. The highest BCUT2D eigenvalue weighted by Crippen LogP contribution is 2.29. The van der Waals surface area contributed by atoms with Gasteiger partial charge in [0.2, 0.25) is 5.78 Å². The lowest BCUT2D eigenvalue weighted by atomic mass is 10.1. The maximum Gasteiger partial charge on any atom is 0.287 e. The molecule has 0 aromatic rings. The summed E-state index contributed by atoms with van der Waals surface area (Å²) in [4.78, 5) is 22.4. The Balaban J connectivity index is 2.18. The van der Waals surface area contributed by atoms with Crippen molar-refractivity contribution in [1.82, 2.24) is 5.32 Å². The zero-order chi connectivity index (χ0) is 10.8. The Morgan fingerprint density at radius 3 is 2.43 bits per heavy atom. The maximum atomic E-state index is 11.2. The van der Waals surface area contributed by atoms with E-state index in [9.17, 15) is 14.7 Å². The quantitative estimate of drug-likeness (QED) is 0.623. The second-order valence-electron chi connectivity index (χ2n) is 4.46. The second kappa shape index (κ2) is 4.09. The van der Waals surface area contributed by atoms with E-state index in [4.69, 9.17) is 0 Å². The monoisotopic (exact) mass is 199 g/mol. The van der Waals surface area contributed by atoms with Gasteiger partial charge in [-0.3, -0.25) is 9.59 Å². The average Bonchev–Trinajstić information content (AvgIpc) is 2.82. The van der Waals surface area contributed by atoms with Crippen molar-refractivity contribution < 1.29 is 14.7 Å². The highest BCUT2D eigenvalue weighted by Gasteiger charge is 2.34. The van der Waals surface area contributed by atoms with Crippen LogP contribution in [0.25, 0.3) is 0 Å². The Hall–Kier alpha value is -0.900. The number of amides is 1. The van der Waals surface area contributed by atoms with Crippen LogP contribution in [-0.2, 0) is 9.59 Å². The predicted molar refractivity (Wildman–Crippen MR) is 51.7 cm³/mol. The van der Waals surface area contributed by atoms with Crippen LogP contribution in [0.5, 0.6) is 0 Å². The van der Waals surface area contributed by atoms with Crippen molar-refractivity contribution in [3.63, 3.8) is 0 Å². The third-order valence-corrected chi connectivity index (χ3v) is 2.19. The summed E-state index contributed by atoms with van der Waals surface area (Å²) in [6.07, 6.45) is 2.15. The molecule has 0 aliphatic heterocycles. The van der Waals surface area contributed by atoms with E-state index < -0.39 is 11.5 Å². The van der Waals surface area contributed by atoms with Crippen molar-refractivity contribution >= 4 is 11.7 Å². The summed E-state index contributed by atoms with van der Waals surface area (Å²) in [6.45, 7) is 3.69. The number of carbonyl (C=O) groups is 2. The van der Waals surface area contributed by atoms with Gasteiger partial charge >= 0.3 is 0 Å². The highest BCUT2D eigenvalue weighted by atomic mass is 16.3. The third-order valence-electron chi connectivity index (χ3n) is 2.19. The third kappa shape index (κ3) is 3.87. The molecule has 1 amide bonds. The molecule has 0 spiro atoms. The number of Topliss-reactive ketones (excluding diaryl/α,β-unsaturated/α-hetero) is 1. The van der Waals surface area contributed by atoms with E-state index in [1.54, 1.807) is 13.8 Å². The Kier molecular flexibility index (Phi) is 3.26. The first-order chi connectivity index (χ1) is 6.40. The van der Waals surface area contributed by atoms with Crippen LogP contribution >= 0.6 is 0 Å².